The number of fused-ring (bicyclic) bond motifs is 7. The van der Waals surface area contributed by atoms with Gasteiger partial charge in [-0.05, 0) is 100 Å². The van der Waals surface area contributed by atoms with Gasteiger partial charge in [-0.2, -0.15) is 0 Å². The van der Waals surface area contributed by atoms with E-state index in [-0.39, 0.29) is 0 Å². The number of oxazole rings is 1. The van der Waals surface area contributed by atoms with Crippen molar-refractivity contribution in [1.82, 2.24) is 9.55 Å². The first kappa shape index (κ1) is 31.1. The Labute approximate surface area is 317 Å². The summed E-state index contributed by atoms with van der Waals surface area (Å²) in [6.45, 7) is 0. The van der Waals surface area contributed by atoms with Crippen LogP contribution in [0.4, 0.5) is 17.1 Å². The third kappa shape index (κ3) is 5.11. The Kier molecular flexibility index (Phi) is 7.14. The molecule has 0 aliphatic heterocycles. The molecule has 258 valence electrons. The van der Waals surface area contributed by atoms with Crippen molar-refractivity contribution in [1.29, 1.82) is 0 Å². The normalized spacial score (nSPS) is 11.6. The van der Waals surface area contributed by atoms with Crippen LogP contribution in [0.15, 0.2) is 205 Å². The fourth-order valence-corrected chi connectivity index (χ4v) is 8.28. The molecule has 0 N–H and O–H groups in total. The van der Waals surface area contributed by atoms with Gasteiger partial charge < -0.3 is 13.9 Å². The topological polar surface area (TPSA) is 34.2 Å². The maximum atomic E-state index is 6.43. The molecule has 11 rings (SSSR count). The molecule has 4 nitrogen and oxygen atoms in total. The second-order valence-corrected chi connectivity index (χ2v) is 14.0. The monoisotopic (exact) mass is 703 g/mol. The number of hydrogen-bond acceptors (Lipinski definition) is 3. The second-order valence-electron chi connectivity index (χ2n) is 14.0. The van der Waals surface area contributed by atoms with Gasteiger partial charge in [0.1, 0.15) is 5.52 Å². The Morgan fingerprint density at radius 2 is 1.13 bits per heavy atom. The first-order chi connectivity index (χ1) is 27.3. The average molecular weight is 704 g/mol. The summed E-state index contributed by atoms with van der Waals surface area (Å²) >= 11 is 0. The SMILES string of the molecule is c1ccc(-c2nc3c(ccc4cccc(N(c5ccc(-c6cccc7ccccc67)cc5)c5ccc6c(c5)c5ccccc5n6-c5ccccc5)c43)o2)cc1. The molecule has 0 saturated carbocycles. The molecule has 0 unspecified atom stereocenters. The summed E-state index contributed by atoms with van der Waals surface area (Å²) in [5, 5.41) is 7.00. The van der Waals surface area contributed by atoms with Crippen LogP contribution in [0, 0.1) is 0 Å². The highest BCUT2D eigenvalue weighted by Gasteiger charge is 2.22. The van der Waals surface area contributed by atoms with E-state index in [1.54, 1.807) is 0 Å². The zero-order valence-corrected chi connectivity index (χ0v) is 29.8. The number of anilines is 3. The maximum absolute atomic E-state index is 6.43. The van der Waals surface area contributed by atoms with Crippen LogP contribution in [0.2, 0.25) is 0 Å². The highest BCUT2D eigenvalue weighted by atomic mass is 16.3. The largest absolute Gasteiger partial charge is 0.436 e. The van der Waals surface area contributed by atoms with Gasteiger partial charge in [-0.15, -0.1) is 0 Å². The van der Waals surface area contributed by atoms with Gasteiger partial charge in [0.25, 0.3) is 0 Å². The lowest BCUT2D eigenvalue weighted by molar-refractivity contribution is 0.620. The molecule has 2 aromatic heterocycles. The van der Waals surface area contributed by atoms with E-state index in [0.717, 1.165) is 55.7 Å². The quantitative estimate of drug-likeness (QED) is 0.173. The summed E-state index contributed by atoms with van der Waals surface area (Å²) in [7, 11) is 0. The zero-order valence-electron chi connectivity index (χ0n) is 29.8. The Hall–Kier alpha value is -7.43. The van der Waals surface area contributed by atoms with Crippen LogP contribution in [0.25, 0.3) is 82.7 Å². The molecular formula is C51H33N3O. The summed E-state index contributed by atoms with van der Waals surface area (Å²) in [6, 6.07) is 71.0. The Morgan fingerprint density at radius 1 is 0.455 bits per heavy atom. The lowest BCUT2D eigenvalue weighted by atomic mass is 9.98. The van der Waals surface area contributed by atoms with Crippen LogP contribution in [0.1, 0.15) is 0 Å². The van der Waals surface area contributed by atoms with Crippen molar-refractivity contribution >= 4 is 71.5 Å². The third-order valence-electron chi connectivity index (χ3n) is 10.8. The number of benzene rings is 9. The number of hydrogen-bond donors (Lipinski definition) is 0. The smallest absolute Gasteiger partial charge is 0.227 e. The van der Waals surface area contributed by atoms with E-state index < -0.39 is 0 Å². The minimum atomic E-state index is 0.610. The molecule has 0 aliphatic carbocycles. The van der Waals surface area contributed by atoms with E-state index in [1.807, 2.05) is 36.4 Å². The van der Waals surface area contributed by atoms with Crippen molar-refractivity contribution in [3.63, 3.8) is 0 Å². The molecule has 0 spiro atoms. The van der Waals surface area contributed by atoms with Gasteiger partial charge in [0, 0.05) is 38.8 Å². The first-order valence-electron chi connectivity index (χ1n) is 18.6. The lowest BCUT2D eigenvalue weighted by Crippen LogP contribution is -2.10. The van der Waals surface area contributed by atoms with Crippen LogP contribution in [-0.2, 0) is 0 Å². The van der Waals surface area contributed by atoms with Crippen LogP contribution in [0.5, 0.6) is 0 Å². The van der Waals surface area contributed by atoms with Gasteiger partial charge in [0.2, 0.25) is 5.89 Å². The highest BCUT2D eigenvalue weighted by molar-refractivity contribution is 6.14. The maximum Gasteiger partial charge on any atom is 0.227 e. The van der Waals surface area contributed by atoms with Gasteiger partial charge in [-0.25, -0.2) is 4.98 Å². The van der Waals surface area contributed by atoms with Gasteiger partial charge >= 0.3 is 0 Å². The number of nitrogens with zero attached hydrogens (tertiary/aromatic N) is 3. The summed E-state index contributed by atoms with van der Waals surface area (Å²) in [5.41, 5.74) is 11.5. The molecule has 2 heterocycles. The Balaban J connectivity index is 1.15. The van der Waals surface area contributed by atoms with Crippen LogP contribution in [0.3, 0.4) is 0 Å². The van der Waals surface area contributed by atoms with Crippen molar-refractivity contribution in [2.45, 2.75) is 0 Å². The molecule has 55 heavy (non-hydrogen) atoms. The average Bonchev–Trinajstić information content (AvgIpc) is 3.84. The molecule has 0 saturated heterocycles. The molecule has 0 atom stereocenters. The number of rotatable bonds is 6. The van der Waals surface area contributed by atoms with E-state index in [9.17, 15) is 0 Å². The zero-order chi connectivity index (χ0) is 36.3. The van der Waals surface area contributed by atoms with Gasteiger partial charge in [-0.3, -0.25) is 0 Å². The summed E-state index contributed by atoms with van der Waals surface area (Å²) in [6.07, 6.45) is 0. The Morgan fingerprint density at radius 3 is 1.98 bits per heavy atom. The molecule has 0 radical (unpaired) electrons. The molecule has 0 bridgehead atoms. The predicted molar refractivity (Wildman–Crippen MR) is 229 cm³/mol. The van der Waals surface area contributed by atoms with Crippen molar-refractivity contribution < 1.29 is 4.42 Å². The van der Waals surface area contributed by atoms with Crippen molar-refractivity contribution in [3.05, 3.63) is 200 Å². The summed E-state index contributed by atoms with van der Waals surface area (Å²) in [4.78, 5) is 7.53. The minimum Gasteiger partial charge on any atom is -0.436 e. The molecule has 0 fully saturated rings. The second kappa shape index (κ2) is 12.6. The summed E-state index contributed by atoms with van der Waals surface area (Å²) in [5.74, 6) is 0.610. The van der Waals surface area contributed by atoms with Gasteiger partial charge in [-0.1, -0.05) is 127 Å². The molecule has 0 amide bonds. The first-order valence-corrected chi connectivity index (χ1v) is 18.6. The minimum absolute atomic E-state index is 0.610. The molecule has 11 aromatic rings. The van der Waals surface area contributed by atoms with Crippen molar-refractivity contribution in [3.8, 4) is 28.3 Å². The lowest BCUT2D eigenvalue weighted by Gasteiger charge is -2.27. The Bertz CT molecular complexity index is 3190. The van der Waals surface area contributed by atoms with Gasteiger partial charge in [0.05, 0.1) is 16.7 Å². The van der Waals surface area contributed by atoms with Crippen molar-refractivity contribution in [2.75, 3.05) is 4.90 Å². The predicted octanol–water partition coefficient (Wildman–Crippen LogP) is 14.0. The van der Waals surface area contributed by atoms with E-state index in [4.69, 9.17) is 9.40 Å². The summed E-state index contributed by atoms with van der Waals surface area (Å²) < 4.78 is 8.79. The number of para-hydroxylation sites is 2. The fourth-order valence-electron chi connectivity index (χ4n) is 8.28. The number of aromatic nitrogens is 2. The fraction of sp³-hybridized carbons (Fsp3) is 0. The molecule has 4 heteroatoms. The third-order valence-corrected chi connectivity index (χ3v) is 10.8. The van der Waals surface area contributed by atoms with E-state index in [0.29, 0.717) is 5.89 Å². The van der Waals surface area contributed by atoms with E-state index in [1.165, 1.54) is 38.2 Å². The van der Waals surface area contributed by atoms with Crippen molar-refractivity contribution in [2.24, 2.45) is 0 Å². The molecule has 0 aliphatic rings. The highest BCUT2D eigenvalue weighted by Crippen LogP contribution is 2.45. The molecule has 9 aromatic carbocycles. The standard InChI is InChI=1S/C51H33N3O/c1-3-14-37(15-4-1)51-52-50-48(55-51)32-27-36-17-12-24-47(49(36)50)53(39-28-25-35(26-29-39)42-22-11-16-34-13-7-8-20-41(34)42)40-30-31-46-44(33-40)43-21-9-10-23-45(43)54(46)38-18-5-2-6-19-38/h1-33H. The molecular weight excluding hydrogens is 671 g/mol. The van der Waals surface area contributed by atoms with E-state index >= 15 is 0 Å². The van der Waals surface area contributed by atoms with Crippen LogP contribution < -0.4 is 4.90 Å². The van der Waals surface area contributed by atoms with Gasteiger partial charge in [0.15, 0.2) is 5.58 Å². The van der Waals surface area contributed by atoms with Crippen LogP contribution in [-0.4, -0.2) is 9.55 Å². The van der Waals surface area contributed by atoms with E-state index in [2.05, 4.69) is 173 Å². The van der Waals surface area contributed by atoms with Crippen LogP contribution >= 0.6 is 0 Å².